The summed E-state index contributed by atoms with van der Waals surface area (Å²) in [5.74, 6) is -0.00879. The average Bonchev–Trinajstić information content (AvgIpc) is 2.93. The molecule has 1 N–H and O–H groups in total. The molecule has 0 saturated heterocycles. The number of aromatic nitrogens is 1. The number of ether oxygens (including phenoxy) is 1. The number of nitrogens with zero attached hydrogens (tertiary/aromatic N) is 2. The van der Waals surface area contributed by atoms with E-state index in [9.17, 15) is 18.5 Å². The highest BCUT2D eigenvalue weighted by Gasteiger charge is 2.22. The molecule has 0 bridgehead atoms. The highest BCUT2D eigenvalue weighted by atomic mass is 32.2. The van der Waals surface area contributed by atoms with Gasteiger partial charge in [-0.25, -0.2) is 13.4 Å². The van der Waals surface area contributed by atoms with E-state index in [-0.39, 0.29) is 10.6 Å². The summed E-state index contributed by atoms with van der Waals surface area (Å²) in [6.07, 6.45) is 0. The molecule has 0 aliphatic heterocycles. The summed E-state index contributed by atoms with van der Waals surface area (Å²) < 4.78 is 33.2. The van der Waals surface area contributed by atoms with Gasteiger partial charge in [0.15, 0.2) is 5.75 Å². The normalized spacial score (nSPS) is 11.4. The van der Waals surface area contributed by atoms with Gasteiger partial charge in [0, 0.05) is 6.07 Å². The minimum absolute atomic E-state index is 0.00879. The summed E-state index contributed by atoms with van der Waals surface area (Å²) >= 11 is 1.45. The van der Waals surface area contributed by atoms with Gasteiger partial charge in [-0.1, -0.05) is 0 Å². The van der Waals surface area contributed by atoms with Crippen molar-refractivity contribution >= 4 is 43.0 Å². The van der Waals surface area contributed by atoms with Gasteiger partial charge < -0.3 is 4.74 Å². The molecule has 3 rings (SSSR count). The molecule has 25 heavy (non-hydrogen) atoms. The first kappa shape index (κ1) is 17.1. The Morgan fingerprint density at radius 1 is 1.24 bits per heavy atom. The van der Waals surface area contributed by atoms with Crippen molar-refractivity contribution in [2.45, 2.75) is 11.8 Å². The third-order valence-electron chi connectivity index (χ3n) is 3.40. The predicted molar refractivity (Wildman–Crippen MR) is 94.8 cm³/mol. The molecule has 0 atom stereocenters. The maximum atomic E-state index is 12.5. The second-order valence-electron chi connectivity index (χ2n) is 5.11. The van der Waals surface area contributed by atoms with Crippen LogP contribution in [0.5, 0.6) is 5.75 Å². The minimum atomic E-state index is -3.98. The zero-order valence-corrected chi connectivity index (χ0v) is 14.8. The number of fused-ring (bicyclic) bond motifs is 1. The second-order valence-corrected chi connectivity index (χ2v) is 8.03. The number of nitro groups is 1. The van der Waals surface area contributed by atoms with E-state index in [2.05, 4.69) is 9.71 Å². The molecule has 130 valence electrons. The third-order valence-corrected chi connectivity index (χ3v) is 5.72. The van der Waals surface area contributed by atoms with Gasteiger partial charge in [-0.2, -0.15) is 0 Å². The number of thiazole rings is 1. The van der Waals surface area contributed by atoms with Crippen molar-refractivity contribution in [1.29, 1.82) is 0 Å². The summed E-state index contributed by atoms with van der Waals surface area (Å²) in [5, 5.41) is 11.9. The minimum Gasteiger partial charge on any atom is -0.490 e. The van der Waals surface area contributed by atoms with E-state index >= 15 is 0 Å². The predicted octanol–water partition coefficient (Wildman–Crippen LogP) is 3.32. The first-order valence-electron chi connectivity index (χ1n) is 7.02. The Labute approximate surface area is 147 Å². The van der Waals surface area contributed by atoms with Crippen LogP contribution in [0.1, 0.15) is 5.01 Å². The van der Waals surface area contributed by atoms with Gasteiger partial charge in [0.2, 0.25) is 0 Å². The van der Waals surface area contributed by atoms with Gasteiger partial charge in [-0.05, 0) is 37.3 Å². The molecule has 0 aliphatic rings. The van der Waals surface area contributed by atoms with Gasteiger partial charge >= 0.3 is 5.69 Å². The second kappa shape index (κ2) is 6.30. The van der Waals surface area contributed by atoms with Crippen molar-refractivity contribution in [3.8, 4) is 5.75 Å². The molecular formula is C15H13N3O5S2. The van der Waals surface area contributed by atoms with E-state index in [1.165, 1.54) is 30.6 Å². The Morgan fingerprint density at radius 3 is 2.68 bits per heavy atom. The molecule has 1 heterocycles. The highest BCUT2D eigenvalue weighted by molar-refractivity contribution is 7.92. The summed E-state index contributed by atoms with van der Waals surface area (Å²) in [5.41, 5.74) is 0.721. The van der Waals surface area contributed by atoms with Crippen molar-refractivity contribution in [1.82, 2.24) is 4.98 Å². The van der Waals surface area contributed by atoms with Crippen molar-refractivity contribution in [3.63, 3.8) is 0 Å². The molecular weight excluding hydrogens is 366 g/mol. The Kier molecular flexibility index (Phi) is 4.31. The van der Waals surface area contributed by atoms with Gasteiger partial charge in [0.1, 0.15) is 0 Å². The van der Waals surface area contributed by atoms with E-state index in [1.807, 2.05) is 6.92 Å². The Hall–Kier alpha value is -2.72. The monoisotopic (exact) mass is 379 g/mol. The van der Waals surface area contributed by atoms with Crippen LogP contribution in [0.15, 0.2) is 41.3 Å². The molecule has 0 saturated carbocycles. The lowest BCUT2D eigenvalue weighted by atomic mass is 10.3. The average molecular weight is 379 g/mol. The fourth-order valence-corrected chi connectivity index (χ4v) is 4.23. The molecule has 0 fully saturated rings. The molecule has 1 aromatic heterocycles. The van der Waals surface area contributed by atoms with E-state index in [1.54, 1.807) is 18.2 Å². The third kappa shape index (κ3) is 3.39. The van der Waals surface area contributed by atoms with Crippen molar-refractivity contribution in [3.05, 3.63) is 51.5 Å². The topological polar surface area (TPSA) is 111 Å². The summed E-state index contributed by atoms with van der Waals surface area (Å²) in [4.78, 5) is 14.5. The number of anilines is 1. The fraction of sp³-hybridized carbons (Fsp3) is 0.133. The van der Waals surface area contributed by atoms with Gasteiger partial charge in [-0.15, -0.1) is 11.3 Å². The molecule has 0 spiro atoms. The largest absolute Gasteiger partial charge is 0.490 e. The van der Waals surface area contributed by atoms with Crippen LogP contribution in [0.3, 0.4) is 0 Å². The number of hydrogen-bond donors (Lipinski definition) is 1. The molecule has 8 nitrogen and oxygen atoms in total. The van der Waals surface area contributed by atoms with Crippen molar-refractivity contribution in [2.75, 3.05) is 11.8 Å². The van der Waals surface area contributed by atoms with Crippen LogP contribution < -0.4 is 9.46 Å². The molecule has 2 aromatic carbocycles. The summed E-state index contributed by atoms with van der Waals surface area (Å²) in [7, 11) is -2.70. The Morgan fingerprint density at radius 2 is 2.00 bits per heavy atom. The van der Waals surface area contributed by atoms with Crippen LogP contribution in [0, 0.1) is 17.0 Å². The van der Waals surface area contributed by atoms with Crippen LogP contribution in [-0.4, -0.2) is 25.4 Å². The van der Waals surface area contributed by atoms with E-state index < -0.39 is 20.6 Å². The zero-order valence-electron chi connectivity index (χ0n) is 13.2. The molecule has 0 amide bonds. The first-order valence-corrected chi connectivity index (χ1v) is 9.32. The summed E-state index contributed by atoms with van der Waals surface area (Å²) in [6.45, 7) is 1.87. The van der Waals surface area contributed by atoms with E-state index in [0.717, 1.165) is 21.3 Å². The quantitative estimate of drug-likeness (QED) is 0.538. The molecule has 0 aliphatic carbocycles. The smallest absolute Gasteiger partial charge is 0.312 e. The van der Waals surface area contributed by atoms with Crippen LogP contribution in [0.25, 0.3) is 10.2 Å². The van der Waals surface area contributed by atoms with Gasteiger partial charge in [-0.3, -0.25) is 14.8 Å². The van der Waals surface area contributed by atoms with Crippen LogP contribution in [0.4, 0.5) is 11.4 Å². The maximum absolute atomic E-state index is 12.5. The SMILES string of the molecule is COc1ccc(S(=O)(=O)Nc2ccc3nc(C)sc3c2)cc1[N+](=O)[O-]. The lowest BCUT2D eigenvalue weighted by molar-refractivity contribution is -0.386. The number of hydrogen-bond acceptors (Lipinski definition) is 7. The number of sulfonamides is 1. The van der Waals surface area contributed by atoms with Crippen LogP contribution in [-0.2, 0) is 10.0 Å². The maximum Gasteiger partial charge on any atom is 0.312 e. The lowest BCUT2D eigenvalue weighted by Crippen LogP contribution is -2.13. The van der Waals surface area contributed by atoms with Crippen LogP contribution >= 0.6 is 11.3 Å². The Balaban J connectivity index is 1.97. The van der Waals surface area contributed by atoms with E-state index in [0.29, 0.717) is 5.69 Å². The molecule has 10 heteroatoms. The van der Waals surface area contributed by atoms with Gasteiger partial charge in [0.05, 0.1) is 37.8 Å². The lowest BCUT2D eigenvalue weighted by Gasteiger charge is -2.09. The van der Waals surface area contributed by atoms with E-state index in [4.69, 9.17) is 4.74 Å². The van der Waals surface area contributed by atoms with Crippen molar-refractivity contribution < 1.29 is 18.1 Å². The standard InChI is InChI=1S/C15H13N3O5S2/c1-9-16-12-5-3-10(7-15(12)24-9)17-25(21,22)11-4-6-14(23-2)13(8-11)18(19)20/h3-8,17H,1-2H3. The number of nitrogens with one attached hydrogen (secondary N) is 1. The Bertz CT molecular complexity index is 1080. The highest BCUT2D eigenvalue weighted by Crippen LogP contribution is 2.31. The first-order chi connectivity index (χ1) is 11.8. The van der Waals surface area contributed by atoms with Gasteiger partial charge in [0.25, 0.3) is 10.0 Å². The van der Waals surface area contributed by atoms with Crippen molar-refractivity contribution in [2.24, 2.45) is 0 Å². The fourth-order valence-electron chi connectivity index (χ4n) is 2.30. The number of methoxy groups -OCH3 is 1. The number of aryl methyl sites for hydroxylation is 1. The molecule has 3 aromatic rings. The molecule has 0 unspecified atom stereocenters. The molecule has 0 radical (unpaired) electrons. The number of nitro benzene ring substituents is 1. The number of benzene rings is 2. The number of rotatable bonds is 5. The summed E-state index contributed by atoms with van der Waals surface area (Å²) in [6, 6.07) is 8.46. The van der Waals surface area contributed by atoms with Crippen LogP contribution in [0.2, 0.25) is 0 Å². The zero-order chi connectivity index (χ0) is 18.2.